The second kappa shape index (κ2) is 12.0. The minimum Gasteiger partial charge on any atom is -0.507 e. The van der Waals surface area contributed by atoms with Crippen molar-refractivity contribution >= 4 is 35.4 Å². The molecule has 1 aromatic carbocycles. The van der Waals surface area contributed by atoms with Crippen LogP contribution in [0, 0.1) is 12.8 Å². The molecule has 0 unspecified atom stereocenters. The summed E-state index contributed by atoms with van der Waals surface area (Å²) in [6.07, 6.45) is -6.42. The Hall–Kier alpha value is -4.46. The quantitative estimate of drug-likeness (QED) is 0.270. The summed E-state index contributed by atoms with van der Waals surface area (Å²) in [4.78, 5) is 73.4. The van der Waals surface area contributed by atoms with Crippen molar-refractivity contribution in [2.75, 3.05) is 6.61 Å². The number of carbonyl (C=O) groups is 6. The maximum atomic E-state index is 13.0. The van der Waals surface area contributed by atoms with E-state index in [-0.39, 0.29) is 16.7 Å². The molecule has 0 aromatic heterocycles. The van der Waals surface area contributed by atoms with Crippen molar-refractivity contribution < 1.29 is 67.4 Å². The van der Waals surface area contributed by atoms with Crippen LogP contribution < -0.4 is 4.74 Å². The predicted molar refractivity (Wildman–Crippen MR) is 134 cm³/mol. The maximum absolute atomic E-state index is 13.0. The van der Waals surface area contributed by atoms with Crippen LogP contribution in [0.2, 0.25) is 0 Å². The Morgan fingerprint density at radius 3 is 1.68 bits per heavy atom. The average molecular weight is 579 g/mol. The monoisotopic (exact) mass is 578 g/mol. The number of esters is 4. The fourth-order valence-corrected chi connectivity index (χ4v) is 4.53. The summed E-state index contributed by atoms with van der Waals surface area (Å²) in [5, 5.41) is 22.1. The Morgan fingerprint density at radius 2 is 1.20 bits per heavy atom. The minimum absolute atomic E-state index is 0.0442. The zero-order chi connectivity index (χ0) is 30.9. The zero-order valence-electron chi connectivity index (χ0n) is 23.4. The number of carbonyl (C=O) groups excluding carboxylic acids is 6. The first-order valence-corrected chi connectivity index (χ1v) is 12.4. The van der Waals surface area contributed by atoms with Crippen molar-refractivity contribution in [3.63, 3.8) is 0 Å². The van der Waals surface area contributed by atoms with E-state index in [0.29, 0.717) is 0 Å². The smallest absolute Gasteiger partial charge is 0.305 e. The van der Waals surface area contributed by atoms with Crippen molar-refractivity contribution in [3.05, 3.63) is 27.8 Å². The van der Waals surface area contributed by atoms with Crippen LogP contribution in [-0.4, -0.2) is 77.1 Å². The molecule has 0 saturated carbocycles. The molecule has 0 bridgehead atoms. The number of ketones is 2. The molecule has 0 spiro atoms. The van der Waals surface area contributed by atoms with Crippen LogP contribution in [0.3, 0.4) is 0 Å². The standard InChI is InChI=1S/C27H30O14/c1-9-10(2)20(33)18-17(19(9)32)21(34)11(3)23(22(18)35)40-26-16(8-36-12(4)28)24(37-13(5)29)25(38-14(6)30)27(41-26)39-15(7)31/h16,24-27,34-35H,8H2,1-7H3/t16-,24-,25+,26-,27+/m1/s1. The second-order valence-corrected chi connectivity index (χ2v) is 9.52. The van der Waals surface area contributed by atoms with Gasteiger partial charge in [0.15, 0.2) is 29.2 Å². The molecule has 1 aliphatic heterocycles. The lowest BCUT2D eigenvalue weighted by Crippen LogP contribution is -2.60. The summed E-state index contributed by atoms with van der Waals surface area (Å²) in [6, 6.07) is 0. The summed E-state index contributed by atoms with van der Waals surface area (Å²) in [6.45, 7) is 7.78. The van der Waals surface area contributed by atoms with Crippen molar-refractivity contribution in [1.82, 2.24) is 0 Å². The Bertz CT molecular complexity index is 1360. The summed E-state index contributed by atoms with van der Waals surface area (Å²) < 4.78 is 32.6. The van der Waals surface area contributed by atoms with Gasteiger partial charge in [-0.15, -0.1) is 0 Å². The number of hydrogen-bond acceptors (Lipinski definition) is 14. The number of phenols is 2. The lowest BCUT2D eigenvalue weighted by Gasteiger charge is -2.44. The van der Waals surface area contributed by atoms with Crippen LogP contribution in [0.1, 0.15) is 67.8 Å². The third-order valence-electron chi connectivity index (χ3n) is 6.56. The molecule has 1 aliphatic carbocycles. The van der Waals surface area contributed by atoms with E-state index >= 15 is 0 Å². The van der Waals surface area contributed by atoms with Crippen LogP contribution >= 0.6 is 0 Å². The lowest BCUT2D eigenvalue weighted by molar-refractivity contribution is -0.319. The van der Waals surface area contributed by atoms with E-state index in [9.17, 15) is 39.0 Å². The fraction of sp³-hybridized carbons (Fsp3) is 0.481. The molecule has 0 radical (unpaired) electrons. The number of phenolic OH excluding ortho intramolecular Hbond substituents is 2. The normalized spacial score (nSPS) is 23.8. The maximum Gasteiger partial charge on any atom is 0.305 e. The highest BCUT2D eigenvalue weighted by atomic mass is 16.8. The van der Waals surface area contributed by atoms with Crippen LogP contribution in [0.5, 0.6) is 17.2 Å². The highest BCUT2D eigenvalue weighted by molar-refractivity contribution is 6.29. The molecule has 3 rings (SSSR count). The van der Waals surface area contributed by atoms with Gasteiger partial charge in [-0.05, 0) is 20.8 Å². The molecule has 1 saturated heterocycles. The first-order chi connectivity index (χ1) is 19.1. The van der Waals surface area contributed by atoms with Gasteiger partial charge in [0, 0.05) is 44.4 Å². The van der Waals surface area contributed by atoms with Gasteiger partial charge in [0.2, 0.25) is 18.7 Å². The number of ether oxygens (including phenoxy) is 6. The van der Waals surface area contributed by atoms with Crippen molar-refractivity contribution in [1.29, 1.82) is 0 Å². The first kappa shape index (κ1) is 31.1. The topological polar surface area (TPSA) is 198 Å². The van der Waals surface area contributed by atoms with Crippen LogP contribution in [-0.2, 0) is 42.9 Å². The number of rotatable bonds is 7. The van der Waals surface area contributed by atoms with Crippen molar-refractivity contribution in [2.24, 2.45) is 5.92 Å². The predicted octanol–water partition coefficient (Wildman–Crippen LogP) is 1.79. The molecule has 1 fully saturated rings. The largest absolute Gasteiger partial charge is 0.507 e. The number of fused-ring (bicyclic) bond motifs is 1. The molecule has 0 amide bonds. The third kappa shape index (κ3) is 6.16. The van der Waals surface area contributed by atoms with Crippen LogP contribution in [0.25, 0.3) is 0 Å². The molecule has 1 aromatic rings. The van der Waals surface area contributed by atoms with E-state index in [4.69, 9.17) is 28.4 Å². The molecule has 5 atom stereocenters. The molecule has 222 valence electrons. The highest BCUT2D eigenvalue weighted by Gasteiger charge is 2.53. The highest BCUT2D eigenvalue weighted by Crippen LogP contribution is 2.47. The second-order valence-electron chi connectivity index (χ2n) is 9.52. The third-order valence-corrected chi connectivity index (χ3v) is 6.56. The molecule has 41 heavy (non-hydrogen) atoms. The number of hydrogen-bond donors (Lipinski definition) is 2. The van der Waals surface area contributed by atoms with Gasteiger partial charge >= 0.3 is 23.9 Å². The number of Topliss-reactive ketones (excluding diaryl/α,β-unsaturated/α-hetero) is 2. The van der Waals surface area contributed by atoms with Gasteiger partial charge in [-0.1, -0.05) is 0 Å². The summed E-state index contributed by atoms with van der Waals surface area (Å²) >= 11 is 0. The Labute approximate surface area is 234 Å². The first-order valence-electron chi connectivity index (χ1n) is 12.4. The van der Waals surface area contributed by atoms with Gasteiger partial charge in [-0.3, -0.25) is 33.5 Å². The van der Waals surface area contributed by atoms with Gasteiger partial charge in [-0.2, -0.15) is 0 Å². The van der Waals surface area contributed by atoms with E-state index in [1.807, 2.05) is 0 Å². The van der Waals surface area contributed by atoms with Gasteiger partial charge in [0.25, 0.3) is 0 Å². The lowest BCUT2D eigenvalue weighted by atomic mass is 9.83. The number of benzene rings is 1. The van der Waals surface area contributed by atoms with Gasteiger partial charge < -0.3 is 33.9 Å². The van der Waals surface area contributed by atoms with Crippen LogP contribution in [0.15, 0.2) is 11.1 Å². The van der Waals surface area contributed by atoms with Crippen molar-refractivity contribution in [2.45, 2.75) is 73.3 Å². The Kier molecular flexibility index (Phi) is 9.06. The SMILES string of the molecule is CC(=O)OC[C@H]1[C@H](Oc2c(C)c(O)c3c(c2O)C(=O)C(C)=C(C)C3=O)O[C@H](OC(C)=O)[C@@H](OC(C)=O)[C@@H]1OC(C)=O. The summed E-state index contributed by atoms with van der Waals surface area (Å²) in [5.41, 5.74) is -0.948. The van der Waals surface area contributed by atoms with E-state index in [0.717, 1.165) is 27.7 Å². The van der Waals surface area contributed by atoms with Gasteiger partial charge in [0.1, 0.15) is 12.4 Å². The summed E-state index contributed by atoms with van der Waals surface area (Å²) in [7, 11) is 0. The fourth-order valence-electron chi connectivity index (χ4n) is 4.53. The molecule has 1 heterocycles. The molecule has 2 N–H and O–H groups in total. The van der Waals surface area contributed by atoms with Crippen molar-refractivity contribution in [3.8, 4) is 17.2 Å². The number of aromatic hydroxyl groups is 2. The van der Waals surface area contributed by atoms with E-state index in [2.05, 4.69) is 0 Å². The molecular formula is C27H30O14. The number of allylic oxidation sites excluding steroid dienone is 2. The molecular weight excluding hydrogens is 548 g/mol. The zero-order valence-corrected chi connectivity index (χ0v) is 23.4. The molecule has 14 nitrogen and oxygen atoms in total. The minimum atomic E-state index is -1.72. The molecule has 14 heteroatoms. The Morgan fingerprint density at radius 1 is 0.707 bits per heavy atom. The Balaban J connectivity index is 2.18. The average Bonchev–Trinajstić information content (AvgIpc) is 2.86. The van der Waals surface area contributed by atoms with Gasteiger partial charge in [-0.25, -0.2) is 0 Å². The van der Waals surface area contributed by atoms with E-state index < -0.39 is 101 Å². The molecule has 2 aliphatic rings. The van der Waals surface area contributed by atoms with E-state index in [1.165, 1.54) is 20.8 Å². The van der Waals surface area contributed by atoms with Crippen LogP contribution in [0.4, 0.5) is 0 Å². The van der Waals surface area contributed by atoms with Gasteiger partial charge in [0.05, 0.1) is 17.0 Å². The summed E-state index contributed by atoms with van der Waals surface area (Å²) in [5.74, 6) is -7.96. The van der Waals surface area contributed by atoms with E-state index in [1.54, 1.807) is 0 Å².